The number of carboxylic acids is 1. The quantitative estimate of drug-likeness (QED) is 0.448. The second kappa shape index (κ2) is 8.44. The monoisotopic (exact) mass is 330 g/mol. The summed E-state index contributed by atoms with van der Waals surface area (Å²) in [6.45, 7) is -0.0422. The Morgan fingerprint density at radius 2 is 2.18 bits per heavy atom. The van der Waals surface area contributed by atoms with Crippen LogP contribution in [-0.2, 0) is 25.7 Å². The fourth-order valence-corrected chi connectivity index (χ4v) is 2.18. The van der Waals surface area contributed by atoms with Crippen LogP contribution in [-0.4, -0.2) is 52.8 Å². The summed E-state index contributed by atoms with van der Waals surface area (Å²) in [6.07, 6.45) is 0.872. The first-order chi connectivity index (χ1) is 10.4. The first-order valence-electron chi connectivity index (χ1n) is 6.39. The molecular weight excluding hydrogens is 312 g/mol. The molecule has 122 valence electrons. The van der Waals surface area contributed by atoms with Gasteiger partial charge in [-0.2, -0.15) is 12.6 Å². The Labute approximate surface area is 132 Å². The van der Waals surface area contributed by atoms with Gasteiger partial charge in [-0.05, 0) is 12.1 Å². The molecule has 9 heteroatoms. The fourth-order valence-electron chi connectivity index (χ4n) is 1.84. The lowest BCUT2D eigenvalue weighted by molar-refractivity contribution is -0.153. The minimum absolute atomic E-state index is 0.00108. The molecule has 1 aromatic rings. The topological polar surface area (TPSA) is 123 Å². The molecule has 0 aliphatic carbocycles. The molecule has 0 aromatic carbocycles. The highest BCUT2D eigenvalue weighted by atomic mass is 32.1. The Morgan fingerprint density at radius 3 is 2.64 bits per heavy atom. The molecule has 3 N–H and O–H groups in total. The van der Waals surface area contributed by atoms with Crippen LogP contribution in [0.15, 0.2) is 22.8 Å². The van der Waals surface area contributed by atoms with Crippen molar-refractivity contribution < 1.29 is 28.6 Å². The average molecular weight is 330 g/mol. The maximum absolute atomic E-state index is 12.4. The molecule has 0 saturated carbocycles. The van der Waals surface area contributed by atoms with Gasteiger partial charge < -0.3 is 24.9 Å². The molecular formula is C13H18N2O6S. The summed E-state index contributed by atoms with van der Waals surface area (Å²) in [5.74, 6) is -2.15. The summed E-state index contributed by atoms with van der Waals surface area (Å²) < 4.78 is 9.80. The number of carbonyl (C=O) groups is 3. The largest absolute Gasteiger partial charge is 0.481 e. The van der Waals surface area contributed by atoms with Gasteiger partial charge in [0.1, 0.15) is 11.8 Å². The van der Waals surface area contributed by atoms with E-state index in [2.05, 4.69) is 17.4 Å². The number of carboxylic acid groups (broad SMARTS) is 1. The Bertz CT molecular complexity index is 519. The normalized spacial score (nSPS) is 13.2. The number of nitrogens with two attached hydrogens (primary N) is 1. The Balaban J connectivity index is 3.01. The predicted octanol–water partition coefficient (Wildman–Crippen LogP) is -0.118. The molecule has 0 fully saturated rings. The number of amides is 1. The van der Waals surface area contributed by atoms with Crippen molar-refractivity contribution in [2.24, 2.45) is 5.73 Å². The molecule has 0 saturated heterocycles. The third kappa shape index (κ3) is 4.78. The Kier molecular flexibility index (Phi) is 6.93. The van der Waals surface area contributed by atoms with Crippen LogP contribution in [0.4, 0.5) is 0 Å². The van der Waals surface area contributed by atoms with Gasteiger partial charge in [-0.25, -0.2) is 4.79 Å². The lowest BCUT2D eigenvalue weighted by atomic mass is 10.1. The summed E-state index contributed by atoms with van der Waals surface area (Å²) in [5, 5.41) is 8.75. The van der Waals surface area contributed by atoms with E-state index in [-0.39, 0.29) is 12.3 Å². The Hall–Kier alpha value is -2.00. The summed E-state index contributed by atoms with van der Waals surface area (Å²) in [4.78, 5) is 36.0. The minimum atomic E-state index is -1.28. The molecule has 1 heterocycles. The fraction of sp³-hybridized carbons (Fsp3) is 0.462. The maximum Gasteiger partial charge on any atom is 0.329 e. The van der Waals surface area contributed by atoms with Crippen molar-refractivity contribution in [1.82, 2.24) is 4.90 Å². The number of methoxy groups -OCH3 is 1. The highest BCUT2D eigenvalue weighted by molar-refractivity contribution is 7.80. The van der Waals surface area contributed by atoms with E-state index in [9.17, 15) is 14.4 Å². The number of aliphatic carboxylic acids is 1. The molecule has 0 unspecified atom stereocenters. The van der Waals surface area contributed by atoms with Crippen LogP contribution in [0.5, 0.6) is 0 Å². The van der Waals surface area contributed by atoms with Crippen molar-refractivity contribution in [2.75, 3.05) is 12.9 Å². The van der Waals surface area contributed by atoms with Gasteiger partial charge in [0.05, 0.1) is 32.4 Å². The third-order valence-corrected chi connectivity index (χ3v) is 3.27. The smallest absolute Gasteiger partial charge is 0.329 e. The van der Waals surface area contributed by atoms with Gasteiger partial charge in [-0.1, -0.05) is 0 Å². The molecule has 0 spiro atoms. The van der Waals surface area contributed by atoms with Crippen LogP contribution < -0.4 is 5.73 Å². The molecule has 0 aliphatic rings. The number of furan rings is 1. The van der Waals surface area contributed by atoms with E-state index in [4.69, 9.17) is 15.3 Å². The van der Waals surface area contributed by atoms with Gasteiger partial charge >= 0.3 is 11.9 Å². The number of nitrogens with zero attached hydrogens (tertiary/aromatic N) is 1. The summed E-state index contributed by atoms with van der Waals surface area (Å²) in [5.41, 5.74) is 5.60. The molecule has 2 atom stereocenters. The van der Waals surface area contributed by atoms with Gasteiger partial charge in [0.15, 0.2) is 0 Å². The van der Waals surface area contributed by atoms with E-state index >= 15 is 0 Å². The number of hydrogen-bond acceptors (Lipinski definition) is 7. The summed E-state index contributed by atoms with van der Waals surface area (Å²) in [6, 6.07) is 0.976. The van der Waals surface area contributed by atoms with Crippen molar-refractivity contribution in [3.8, 4) is 0 Å². The van der Waals surface area contributed by atoms with Crippen LogP contribution in [0.3, 0.4) is 0 Å². The number of thiol groups is 1. The van der Waals surface area contributed by atoms with Crippen LogP contribution in [0.2, 0.25) is 0 Å². The van der Waals surface area contributed by atoms with Gasteiger partial charge in [-0.15, -0.1) is 0 Å². The van der Waals surface area contributed by atoms with Gasteiger partial charge in [0, 0.05) is 5.75 Å². The van der Waals surface area contributed by atoms with E-state index in [0.717, 1.165) is 4.90 Å². The zero-order valence-corrected chi connectivity index (χ0v) is 12.9. The molecule has 0 aliphatic heterocycles. The van der Waals surface area contributed by atoms with Crippen LogP contribution in [0, 0.1) is 0 Å². The van der Waals surface area contributed by atoms with E-state index in [1.807, 2.05) is 0 Å². The number of hydrogen-bond donors (Lipinski definition) is 3. The highest BCUT2D eigenvalue weighted by Crippen LogP contribution is 2.14. The van der Waals surface area contributed by atoms with Crippen molar-refractivity contribution in [2.45, 2.75) is 25.0 Å². The number of esters is 1. The first-order valence-corrected chi connectivity index (χ1v) is 7.02. The maximum atomic E-state index is 12.4. The van der Waals surface area contributed by atoms with E-state index in [1.165, 1.54) is 13.4 Å². The standard InChI is InChI=1S/C13H18N2O6S/c1-20-13(19)10(7-22)15(6-8-3-2-4-21-8)12(18)9(14)5-11(16)17/h2-4,9-10,22H,5-7,14H2,1H3,(H,16,17)/t9-,10-/m0/s1. The zero-order valence-electron chi connectivity index (χ0n) is 12.0. The second-order valence-electron chi connectivity index (χ2n) is 4.47. The van der Waals surface area contributed by atoms with Crippen LogP contribution in [0.25, 0.3) is 0 Å². The first kappa shape index (κ1) is 18.1. The van der Waals surface area contributed by atoms with Crippen LogP contribution in [0.1, 0.15) is 12.2 Å². The van der Waals surface area contributed by atoms with Crippen molar-refractivity contribution >= 4 is 30.5 Å². The van der Waals surface area contributed by atoms with Crippen LogP contribution >= 0.6 is 12.6 Å². The van der Waals surface area contributed by atoms with Crippen molar-refractivity contribution in [1.29, 1.82) is 0 Å². The minimum Gasteiger partial charge on any atom is -0.481 e. The van der Waals surface area contributed by atoms with Gasteiger partial charge in [0.25, 0.3) is 0 Å². The molecule has 8 nitrogen and oxygen atoms in total. The molecule has 0 radical (unpaired) electrons. The molecule has 1 amide bonds. The molecule has 22 heavy (non-hydrogen) atoms. The third-order valence-electron chi connectivity index (χ3n) is 2.92. The van der Waals surface area contributed by atoms with Gasteiger partial charge in [0.2, 0.25) is 5.91 Å². The lowest BCUT2D eigenvalue weighted by Gasteiger charge is -2.30. The van der Waals surface area contributed by atoms with E-state index in [1.54, 1.807) is 12.1 Å². The number of ether oxygens (including phenoxy) is 1. The average Bonchev–Trinajstić information content (AvgIpc) is 2.98. The SMILES string of the molecule is COC(=O)[C@H](CS)N(Cc1ccco1)C(=O)[C@@H](N)CC(=O)O. The summed E-state index contributed by atoms with van der Waals surface area (Å²) in [7, 11) is 1.19. The number of rotatable bonds is 8. The summed E-state index contributed by atoms with van der Waals surface area (Å²) >= 11 is 4.05. The van der Waals surface area contributed by atoms with Crippen molar-refractivity contribution in [3.63, 3.8) is 0 Å². The van der Waals surface area contributed by atoms with E-state index < -0.39 is 36.4 Å². The van der Waals surface area contributed by atoms with Crippen molar-refractivity contribution in [3.05, 3.63) is 24.2 Å². The van der Waals surface area contributed by atoms with Gasteiger partial charge in [-0.3, -0.25) is 9.59 Å². The zero-order chi connectivity index (χ0) is 16.7. The van der Waals surface area contributed by atoms with E-state index in [0.29, 0.717) is 5.76 Å². The Morgan fingerprint density at radius 1 is 1.50 bits per heavy atom. The molecule has 1 aromatic heterocycles. The predicted molar refractivity (Wildman–Crippen MR) is 79.1 cm³/mol. The lowest BCUT2D eigenvalue weighted by Crippen LogP contribution is -2.52. The molecule has 1 rings (SSSR count). The number of carbonyl (C=O) groups excluding carboxylic acids is 2. The second-order valence-corrected chi connectivity index (χ2v) is 4.84. The highest BCUT2D eigenvalue weighted by Gasteiger charge is 2.33. The molecule has 0 bridgehead atoms.